The summed E-state index contributed by atoms with van der Waals surface area (Å²) in [6, 6.07) is 4.43. The predicted molar refractivity (Wildman–Crippen MR) is 74.0 cm³/mol. The molecule has 2 aromatic rings. The van der Waals surface area contributed by atoms with Gasteiger partial charge in [-0.25, -0.2) is 9.07 Å². The Hall–Kier alpha value is -1.88. The largest absolute Gasteiger partial charge is 0.481 e. The summed E-state index contributed by atoms with van der Waals surface area (Å²) in [5.74, 6) is -1.34. The van der Waals surface area contributed by atoms with Crippen LogP contribution in [-0.4, -0.2) is 20.9 Å². The Balaban J connectivity index is 2.49. The smallest absolute Gasteiger partial charge is 0.303 e. The molecule has 0 spiro atoms. The minimum atomic E-state index is -0.875. The lowest BCUT2D eigenvalue weighted by molar-refractivity contribution is -0.136. The van der Waals surface area contributed by atoms with Gasteiger partial charge in [0, 0.05) is 12.1 Å². The monoisotopic (exact) mass is 296 g/mol. The number of carbonyl (C=O) groups is 1. The SMILES string of the molecule is Cc1nn(-c2c(F)cccc2Cl)c(C)c1CCC(=O)O. The lowest BCUT2D eigenvalue weighted by atomic mass is 10.1. The Morgan fingerprint density at radius 2 is 2.15 bits per heavy atom. The third-order valence-electron chi connectivity index (χ3n) is 3.18. The van der Waals surface area contributed by atoms with Gasteiger partial charge in [-0.05, 0) is 38.0 Å². The number of nitrogens with zero attached hydrogens (tertiary/aromatic N) is 2. The van der Waals surface area contributed by atoms with E-state index in [-0.39, 0.29) is 17.1 Å². The lowest BCUT2D eigenvalue weighted by Crippen LogP contribution is -2.04. The van der Waals surface area contributed by atoms with E-state index in [4.69, 9.17) is 16.7 Å². The summed E-state index contributed by atoms with van der Waals surface area (Å²) in [5.41, 5.74) is 2.39. The van der Waals surface area contributed by atoms with Crippen molar-refractivity contribution in [3.63, 3.8) is 0 Å². The summed E-state index contributed by atoms with van der Waals surface area (Å²) in [7, 11) is 0. The van der Waals surface area contributed by atoms with E-state index in [9.17, 15) is 9.18 Å². The van der Waals surface area contributed by atoms with E-state index in [1.54, 1.807) is 19.9 Å². The van der Waals surface area contributed by atoms with Gasteiger partial charge < -0.3 is 5.11 Å². The fraction of sp³-hybridized carbons (Fsp3) is 0.286. The lowest BCUT2D eigenvalue weighted by Gasteiger charge is -2.08. The van der Waals surface area contributed by atoms with Crippen LogP contribution < -0.4 is 0 Å². The molecule has 0 atom stereocenters. The maximum absolute atomic E-state index is 13.9. The van der Waals surface area contributed by atoms with Gasteiger partial charge in [-0.15, -0.1) is 0 Å². The van der Waals surface area contributed by atoms with Crippen molar-refractivity contribution >= 4 is 17.6 Å². The summed E-state index contributed by atoms with van der Waals surface area (Å²) in [6.45, 7) is 3.55. The molecule has 0 amide bonds. The predicted octanol–water partition coefficient (Wildman–Crippen LogP) is 3.30. The van der Waals surface area contributed by atoms with E-state index in [2.05, 4.69) is 5.10 Å². The van der Waals surface area contributed by atoms with Gasteiger partial charge in [-0.3, -0.25) is 4.79 Å². The molecule has 1 aromatic heterocycles. The summed E-state index contributed by atoms with van der Waals surface area (Å²) in [4.78, 5) is 10.7. The van der Waals surface area contributed by atoms with E-state index >= 15 is 0 Å². The molecule has 0 bridgehead atoms. The molecule has 20 heavy (non-hydrogen) atoms. The summed E-state index contributed by atoms with van der Waals surface area (Å²) < 4.78 is 15.4. The van der Waals surface area contributed by atoms with Crippen LogP contribution in [0.4, 0.5) is 4.39 Å². The van der Waals surface area contributed by atoms with E-state index in [1.165, 1.54) is 16.8 Å². The van der Waals surface area contributed by atoms with Crippen LogP contribution in [0.1, 0.15) is 23.4 Å². The number of halogens is 2. The fourth-order valence-electron chi connectivity index (χ4n) is 2.18. The van der Waals surface area contributed by atoms with Gasteiger partial charge in [-0.1, -0.05) is 17.7 Å². The fourth-order valence-corrected chi connectivity index (χ4v) is 2.42. The number of aryl methyl sites for hydroxylation is 1. The van der Waals surface area contributed by atoms with Gasteiger partial charge in [0.05, 0.1) is 10.7 Å². The van der Waals surface area contributed by atoms with Crippen molar-refractivity contribution in [2.75, 3.05) is 0 Å². The first kappa shape index (κ1) is 14.5. The molecular formula is C14H14ClFN2O2. The Labute approximate surface area is 120 Å². The second kappa shape index (κ2) is 5.63. The van der Waals surface area contributed by atoms with Gasteiger partial charge in [0.1, 0.15) is 11.5 Å². The minimum absolute atomic E-state index is 0.0123. The molecule has 0 saturated heterocycles. The molecule has 1 aromatic carbocycles. The van der Waals surface area contributed by atoms with Crippen molar-refractivity contribution < 1.29 is 14.3 Å². The summed E-state index contributed by atoms with van der Waals surface area (Å²) >= 11 is 6.03. The van der Waals surface area contributed by atoms with Gasteiger partial charge in [0.2, 0.25) is 0 Å². The Morgan fingerprint density at radius 3 is 2.75 bits per heavy atom. The number of carboxylic acid groups (broad SMARTS) is 1. The van der Waals surface area contributed by atoms with Crippen LogP contribution in [-0.2, 0) is 11.2 Å². The number of aliphatic carboxylic acids is 1. The molecule has 0 fully saturated rings. The highest BCUT2D eigenvalue weighted by Crippen LogP contribution is 2.26. The van der Waals surface area contributed by atoms with Crippen LogP contribution in [0.3, 0.4) is 0 Å². The average molecular weight is 297 g/mol. The summed E-state index contributed by atoms with van der Waals surface area (Å²) in [5, 5.41) is 13.3. The van der Waals surface area contributed by atoms with Crippen LogP contribution >= 0.6 is 11.6 Å². The number of benzene rings is 1. The highest BCUT2D eigenvalue weighted by Gasteiger charge is 2.18. The molecule has 0 aliphatic carbocycles. The first-order valence-electron chi connectivity index (χ1n) is 6.13. The highest BCUT2D eigenvalue weighted by molar-refractivity contribution is 6.32. The standard InChI is InChI=1S/C14H14ClFN2O2/c1-8-10(6-7-13(19)20)9(2)18(17-8)14-11(15)4-3-5-12(14)16/h3-5H,6-7H2,1-2H3,(H,19,20). The molecule has 4 nitrogen and oxygen atoms in total. The van der Waals surface area contributed by atoms with Crippen molar-refractivity contribution in [3.8, 4) is 5.69 Å². The molecule has 0 aliphatic heterocycles. The number of para-hydroxylation sites is 1. The van der Waals surface area contributed by atoms with E-state index < -0.39 is 11.8 Å². The molecule has 1 heterocycles. The van der Waals surface area contributed by atoms with Crippen molar-refractivity contribution in [1.82, 2.24) is 9.78 Å². The normalized spacial score (nSPS) is 10.8. The zero-order chi connectivity index (χ0) is 14.9. The highest BCUT2D eigenvalue weighted by atomic mass is 35.5. The second-order valence-corrected chi connectivity index (χ2v) is 4.93. The maximum atomic E-state index is 13.9. The number of hydrogen-bond donors (Lipinski definition) is 1. The third kappa shape index (κ3) is 2.67. The second-order valence-electron chi connectivity index (χ2n) is 4.53. The Morgan fingerprint density at radius 1 is 1.45 bits per heavy atom. The molecule has 0 radical (unpaired) electrons. The van der Waals surface area contributed by atoms with Gasteiger partial charge >= 0.3 is 5.97 Å². The maximum Gasteiger partial charge on any atom is 0.303 e. The first-order valence-corrected chi connectivity index (χ1v) is 6.51. The van der Waals surface area contributed by atoms with Crippen molar-refractivity contribution in [2.45, 2.75) is 26.7 Å². The molecular weight excluding hydrogens is 283 g/mol. The van der Waals surface area contributed by atoms with Crippen LogP contribution in [0.5, 0.6) is 0 Å². The molecule has 2 rings (SSSR count). The van der Waals surface area contributed by atoms with Crippen LogP contribution in [0.2, 0.25) is 5.02 Å². The molecule has 0 saturated carbocycles. The molecule has 1 N–H and O–H groups in total. The molecule has 106 valence electrons. The molecule has 0 unspecified atom stereocenters. The Kier molecular flexibility index (Phi) is 4.09. The quantitative estimate of drug-likeness (QED) is 0.942. The van der Waals surface area contributed by atoms with E-state index in [0.717, 1.165) is 5.56 Å². The van der Waals surface area contributed by atoms with Gasteiger partial charge in [-0.2, -0.15) is 5.10 Å². The van der Waals surface area contributed by atoms with Crippen molar-refractivity contribution in [2.24, 2.45) is 0 Å². The van der Waals surface area contributed by atoms with Crippen molar-refractivity contribution in [3.05, 3.63) is 46.0 Å². The van der Waals surface area contributed by atoms with Crippen LogP contribution in [0, 0.1) is 19.7 Å². The van der Waals surface area contributed by atoms with E-state index in [1.807, 2.05) is 0 Å². The van der Waals surface area contributed by atoms with Crippen LogP contribution in [0.25, 0.3) is 5.69 Å². The molecule has 0 aliphatic rings. The van der Waals surface area contributed by atoms with E-state index in [0.29, 0.717) is 17.8 Å². The zero-order valence-corrected chi connectivity index (χ0v) is 11.9. The minimum Gasteiger partial charge on any atom is -0.481 e. The number of hydrogen-bond acceptors (Lipinski definition) is 2. The van der Waals surface area contributed by atoms with Gasteiger partial charge in [0.25, 0.3) is 0 Å². The molecule has 6 heteroatoms. The first-order chi connectivity index (χ1) is 9.41. The van der Waals surface area contributed by atoms with Gasteiger partial charge in [0.15, 0.2) is 0 Å². The number of aromatic nitrogens is 2. The third-order valence-corrected chi connectivity index (χ3v) is 3.48. The topological polar surface area (TPSA) is 55.1 Å². The van der Waals surface area contributed by atoms with Crippen molar-refractivity contribution in [1.29, 1.82) is 0 Å². The number of carboxylic acids is 1. The average Bonchev–Trinajstić information content (AvgIpc) is 2.62. The Bertz CT molecular complexity index is 647. The summed E-state index contributed by atoms with van der Waals surface area (Å²) in [6.07, 6.45) is 0.372. The zero-order valence-electron chi connectivity index (χ0n) is 11.2. The number of rotatable bonds is 4. The van der Waals surface area contributed by atoms with Crippen LogP contribution in [0.15, 0.2) is 18.2 Å².